The number of aliphatic hydroxyl groups is 1. The van der Waals surface area contributed by atoms with Crippen molar-refractivity contribution in [2.45, 2.75) is 58.1 Å². The molecule has 0 aromatic heterocycles. The summed E-state index contributed by atoms with van der Waals surface area (Å²) in [6, 6.07) is 0.327. The van der Waals surface area contributed by atoms with Crippen LogP contribution in [0.5, 0.6) is 0 Å². The lowest BCUT2D eigenvalue weighted by Crippen LogP contribution is -2.46. The monoisotopic (exact) mass is 228 g/mol. The molecule has 0 bridgehead atoms. The van der Waals surface area contributed by atoms with Crippen molar-refractivity contribution in [3.8, 4) is 0 Å². The molecule has 3 nitrogen and oxygen atoms in total. The molecular formula is C13H28N2O. The van der Waals surface area contributed by atoms with Crippen LogP contribution in [-0.4, -0.2) is 42.3 Å². The zero-order valence-electron chi connectivity index (χ0n) is 11.1. The van der Waals surface area contributed by atoms with E-state index in [0.717, 1.165) is 19.4 Å². The highest BCUT2D eigenvalue weighted by Crippen LogP contribution is 2.24. The second-order valence-electron chi connectivity index (χ2n) is 6.06. The molecule has 1 fully saturated rings. The molecular weight excluding hydrogens is 200 g/mol. The van der Waals surface area contributed by atoms with Gasteiger partial charge in [-0.2, -0.15) is 0 Å². The molecule has 0 radical (unpaired) electrons. The minimum Gasteiger partial charge on any atom is -0.391 e. The van der Waals surface area contributed by atoms with Crippen molar-refractivity contribution in [3.05, 3.63) is 0 Å². The number of hydrogen-bond acceptors (Lipinski definition) is 3. The van der Waals surface area contributed by atoms with Gasteiger partial charge in [-0.05, 0) is 31.8 Å². The minimum absolute atomic E-state index is 0.140. The van der Waals surface area contributed by atoms with E-state index in [1.807, 2.05) is 0 Å². The van der Waals surface area contributed by atoms with E-state index in [4.69, 9.17) is 5.73 Å². The van der Waals surface area contributed by atoms with E-state index in [9.17, 15) is 5.11 Å². The molecule has 1 aliphatic rings. The first-order chi connectivity index (χ1) is 7.46. The fourth-order valence-corrected chi connectivity index (χ4v) is 2.64. The molecule has 0 heterocycles. The van der Waals surface area contributed by atoms with E-state index in [1.54, 1.807) is 0 Å². The Labute approximate surface area is 100 Å². The second kappa shape index (κ2) is 5.99. The molecule has 0 aliphatic heterocycles. The summed E-state index contributed by atoms with van der Waals surface area (Å²) in [4.78, 5) is 2.31. The first-order valence-electron chi connectivity index (χ1n) is 6.55. The molecule has 0 saturated heterocycles. The Morgan fingerprint density at radius 3 is 2.50 bits per heavy atom. The largest absolute Gasteiger partial charge is 0.391 e. The van der Waals surface area contributed by atoms with E-state index in [0.29, 0.717) is 12.6 Å². The van der Waals surface area contributed by atoms with Gasteiger partial charge in [-0.1, -0.05) is 33.1 Å². The fourth-order valence-electron chi connectivity index (χ4n) is 2.64. The quantitative estimate of drug-likeness (QED) is 0.719. The second-order valence-corrected chi connectivity index (χ2v) is 6.06. The molecule has 2 unspecified atom stereocenters. The predicted octanol–water partition coefficient (Wildman–Crippen LogP) is 1.60. The van der Waals surface area contributed by atoms with Gasteiger partial charge in [0.05, 0.1) is 6.10 Å². The number of rotatable bonds is 4. The van der Waals surface area contributed by atoms with Gasteiger partial charge in [0.15, 0.2) is 0 Å². The van der Waals surface area contributed by atoms with Crippen LogP contribution in [0.15, 0.2) is 0 Å². The van der Waals surface area contributed by atoms with Crippen molar-refractivity contribution in [1.82, 2.24) is 4.90 Å². The Morgan fingerprint density at radius 2 is 1.88 bits per heavy atom. The normalized spacial score (nSPS) is 28.1. The van der Waals surface area contributed by atoms with Gasteiger partial charge in [-0.25, -0.2) is 0 Å². The van der Waals surface area contributed by atoms with Crippen LogP contribution in [0.2, 0.25) is 0 Å². The summed E-state index contributed by atoms with van der Waals surface area (Å²) in [5.41, 5.74) is 5.90. The molecule has 0 amide bonds. The van der Waals surface area contributed by atoms with E-state index in [-0.39, 0.29) is 11.5 Å². The van der Waals surface area contributed by atoms with Crippen LogP contribution in [0.3, 0.4) is 0 Å². The lowest BCUT2D eigenvalue weighted by Gasteiger charge is -2.36. The maximum absolute atomic E-state index is 10.1. The molecule has 1 saturated carbocycles. The van der Waals surface area contributed by atoms with Crippen molar-refractivity contribution in [3.63, 3.8) is 0 Å². The summed E-state index contributed by atoms with van der Waals surface area (Å²) in [7, 11) is 2.12. The SMILES string of the molecule is CN(CC(C)(C)CN)C1CCCCCC1O. The van der Waals surface area contributed by atoms with Gasteiger partial charge >= 0.3 is 0 Å². The van der Waals surface area contributed by atoms with Crippen LogP contribution >= 0.6 is 0 Å². The minimum atomic E-state index is -0.152. The maximum atomic E-state index is 10.1. The number of nitrogens with zero attached hydrogens (tertiary/aromatic N) is 1. The fraction of sp³-hybridized carbons (Fsp3) is 1.00. The summed E-state index contributed by atoms with van der Waals surface area (Å²) >= 11 is 0. The van der Waals surface area contributed by atoms with Crippen molar-refractivity contribution >= 4 is 0 Å². The smallest absolute Gasteiger partial charge is 0.0695 e. The van der Waals surface area contributed by atoms with Crippen LogP contribution in [0.1, 0.15) is 46.0 Å². The van der Waals surface area contributed by atoms with E-state index in [2.05, 4.69) is 25.8 Å². The van der Waals surface area contributed by atoms with Gasteiger partial charge in [0, 0.05) is 12.6 Å². The Morgan fingerprint density at radius 1 is 1.25 bits per heavy atom. The average molecular weight is 228 g/mol. The highest BCUT2D eigenvalue weighted by molar-refractivity contribution is 4.83. The van der Waals surface area contributed by atoms with Crippen molar-refractivity contribution in [2.75, 3.05) is 20.1 Å². The lowest BCUT2D eigenvalue weighted by molar-refractivity contribution is 0.0410. The zero-order chi connectivity index (χ0) is 12.2. The van der Waals surface area contributed by atoms with Crippen LogP contribution < -0.4 is 5.73 Å². The summed E-state index contributed by atoms with van der Waals surface area (Å²) in [6.07, 6.45) is 5.61. The summed E-state index contributed by atoms with van der Waals surface area (Å²) < 4.78 is 0. The number of likely N-dealkylation sites (N-methyl/N-ethyl adjacent to an activating group) is 1. The van der Waals surface area contributed by atoms with Crippen LogP contribution in [0.25, 0.3) is 0 Å². The molecule has 96 valence electrons. The number of nitrogens with two attached hydrogens (primary N) is 1. The van der Waals surface area contributed by atoms with Gasteiger partial charge in [0.2, 0.25) is 0 Å². The van der Waals surface area contributed by atoms with E-state index in [1.165, 1.54) is 19.3 Å². The summed E-state index contributed by atoms with van der Waals surface area (Å²) in [6.45, 7) is 6.03. The molecule has 2 atom stereocenters. The first-order valence-corrected chi connectivity index (χ1v) is 6.55. The van der Waals surface area contributed by atoms with Crippen molar-refractivity contribution in [2.24, 2.45) is 11.1 Å². The zero-order valence-corrected chi connectivity index (χ0v) is 11.1. The Hall–Kier alpha value is -0.120. The van der Waals surface area contributed by atoms with Crippen LogP contribution in [0.4, 0.5) is 0 Å². The summed E-state index contributed by atoms with van der Waals surface area (Å²) in [5, 5.41) is 10.1. The Bertz CT molecular complexity index is 206. The number of hydrogen-bond donors (Lipinski definition) is 2. The van der Waals surface area contributed by atoms with E-state index >= 15 is 0 Å². The van der Waals surface area contributed by atoms with Gasteiger partial charge in [-0.15, -0.1) is 0 Å². The molecule has 0 aromatic carbocycles. The molecule has 0 spiro atoms. The molecule has 3 heteroatoms. The average Bonchev–Trinajstić information content (AvgIpc) is 2.42. The van der Waals surface area contributed by atoms with Crippen molar-refractivity contribution in [1.29, 1.82) is 0 Å². The topological polar surface area (TPSA) is 49.5 Å². The molecule has 16 heavy (non-hydrogen) atoms. The molecule has 0 aromatic rings. The highest BCUT2D eigenvalue weighted by Gasteiger charge is 2.28. The standard InChI is InChI=1S/C13H28N2O/c1-13(2,9-14)10-15(3)11-7-5-4-6-8-12(11)16/h11-12,16H,4-10,14H2,1-3H3. The van der Waals surface area contributed by atoms with Crippen LogP contribution in [0, 0.1) is 5.41 Å². The Balaban J connectivity index is 2.53. The lowest BCUT2D eigenvalue weighted by atomic mass is 9.91. The van der Waals surface area contributed by atoms with Gasteiger partial charge in [0.25, 0.3) is 0 Å². The molecule has 3 N–H and O–H groups in total. The third-order valence-electron chi connectivity index (χ3n) is 3.74. The third kappa shape index (κ3) is 4.04. The summed E-state index contributed by atoms with van der Waals surface area (Å²) in [5.74, 6) is 0. The van der Waals surface area contributed by atoms with Gasteiger partial charge < -0.3 is 15.7 Å². The van der Waals surface area contributed by atoms with E-state index < -0.39 is 0 Å². The molecule has 1 rings (SSSR count). The van der Waals surface area contributed by atoms with Crippen LogP contribution in [-0.2, 0) is 0 Å². The van der Waals surface area contributed by atoms with Gasteiger partial charge in [0.1, 0.15) is 0 Å². The predicted molar refractivity (Wildman–Crippen MR) is 68.3 cm³/mol. The number of aliphatic hydroxyl groups excluding tert-OH is 1. The van der Waals surface area contributed by atoms with Crippen molar-refractivity contribution < 1.29 is 5.11 Å². The Kier molecular flexibility index (Phi) is 5.22. The van der Waals surface area contributed by atoms with Gasteiger partial charge in [-0.3, -0.25) is 0 Å². The highest BCUT2D eigenvalue weighted by atomic mass is 16.3. The maximum Gasteiger partial charge on any atom is 0.0695 e. The molecule has 1 aliphatic carbocycles. The third-order valence-corrected chi connectivity index (χ3v) is 3.74. The first kappa shape index (κ1) is 13.9.